The van der Waals surface area contributed by atoms with E-state index >= 15 is 0 Å². The highest BCUT2D eigenvalue weighted by atomic mass is 35.5. The van der Waals surface area contributed by atoms with E-state index in [0.29, 0.717) is 21.6 Å². The number of nitrogens with one attached hydrogen (secondary N) is 1. The van der Waals surface area contributed by atoms with Gasteiger partial charge in [0, 0.05) is 17.3 Å². The van der Waals surface area contributed by atoms with Gasteiger partial charge in [0.1, 0.15) is 11.4 Å². The third-order valence-corrected chi connectivity index (χ3v) is 5.18. The predicted molar refractivity (Wildman–Crippen MR) is 131 cm³/mol. The number of halogens is 4. The van der Waals surface area contributed by atoms with Crippen molar-refractivity contribution in [2.45, 2.75) is 6.42 Å². The summed E-state index contributed by atoms with van der Waals surface area (Å²) in [6.07, 6.45) is 0.986. The summed E-state index contributed by atoms with van der Waals surface area (Å²) in [6.45, 7) is 1.77. The maximum absolute atomic E-state index is 6.23. The summed E-state index contributed by atoms with van der Waals surface area (Å²) < 4.78 is 5.95. The summed E-state index contributed by atoms with van der Waals surface area (Å²) in [7, 11) is 4.11. The van der Waals surface area contributed by atoms with E-state index < -0.39 is 0 Å². The lowest BCUT2D eigenvalue weighted by Crippen LogP contribution is -2.16. The fourth-order valence-corrected chi connectivity index (χ4v) is 3.38. The Balaban J connectivity index is 0.00000160. The first-order valence-electron chi connectivity index (χ1n) is 9.05. The lowest BCUT2D eigenvalue weighted by Gasteiger charge is -2.13. The monoisotopic (exact) mass is 486 g/mol. The molecule has 1 N–H and O–H groups in total. The number of hydrogen-bond acceptors (Lipinski definition) is 5. The number of nitrogens with zero attached hydrogens (tertiary/aromatic N) is 3. The second-order valence-corrected chi connectivity index (χ2v) is 7.73. The van der Waals surface area contributed by atoms with Crippen LogP contribution in [-0.2, 0) is 0 Å². The molecule has 4 rings (SSSR count). The fourth-order valence-electron chi connectivity index (χ4n) is 3.06. The summed E-state index contributed by atoms with van der Waals surface area (Å²) >= 11 is 12.5. The number of fused-ring (bicyclic) bond motifs is 2. The van der Waals surface area contributed by atoms with Gasteiger partial charge < -0.3 is 14.6 Å². The summed E-state index contributed by atoms with van der Waals surface area (Å²) in [5.74, 6) is 1.85. The van der Waals surface area contributed by atoms with Crippen molar-refractivity contribution in [3.05, 3.63) is 52.5 Å². The molecule has 9 heteroatoms. The molecule has 5 nitrogen and oxygen atoms in total. The molecule has 0 bridgehead atoms. The zero-order valence-corrected chi connectivity index (χ0v) is 19.6. The van der Waals surface area contributed by atoms with Gasteiger partial charge in [-0.05, 0) is 51.3 Å². The van der Waals surface area contributed by atoms with Crippen LogP contribution in [0.2, 0.25) is 10.0 Å². The molecule has 0 spiro atoms. The summed E-state index contributed by atoms with van der Waals surface area (Å²) in [4.78, 5) is 11.5. The van der Waals surface area contributed by atoms with Gasteiger partial charge in [-0.3, -0.25) is 0 Å². The van der Waals surface area contributed by atoms with Gasteiger partial charge in [-0.1, -0.05) is 41.4 Å². The van der Waals surface area contributed by atoms with Gasteiger partial charge in [-0.2, -0.15) is 0 Å². The van der Waals surface area contributed by atoms with Crippen LogP contribution in [0.3, 0.4) is 0 Å². The molecule has 0 saturated heterocycles. The van der Waals surface area contributed by atoms with Gasteiger partial charge in [0.05, 0.1) is 15.6 Å². The highest BCUT2D eigenvalue weighted by molar-refractivity contribution is 6.42. The van der Waals surface area contributed by atoms with E-state index in [9.17, 15) is 0 Å². The molecule has 0 unspecified atom stereocenters. The van der Waals surface area contributed by atoms with Crippen LogP contribution < -0.4 is 5.32 Å². The van der Waals surface area contributed by atoms with E-state index in [-0.39, 0.29) is 24.8 Å². The molecule has 0 aliphatic rings. The molecule has 0 radical (unpaired) electrons. The molecule has 0 saturated carbocycles. The second kappa shape index (κ2) is 10.5. The van der Waals surface area contributed by atoms with Gasteiger partial charge in [0.2, 0.25) is 0 Å². The van der Waals surface area contributed by atoms with Crippen LogP contribution in [0, 0.1) is 0 Å². The van der Waals surface area contributed by atoms with Crippen molar-refractivity contribution in [3.8, 4) is 11.6 Å². The Kier molecular flexibility index (Phi) is 8.59. The summed E-state index contributed by atoms with van der Waals surface area (Å²) in [5, 5.41) is 6.19. The Labute approximate surface area is 197 Å². The first kappa shape index (κ1) is 24.5. The van der Waals surface area contributed by atoms with Crippen LogP contribution in [0.5, 0.6) is 0 Å². The molecule has 160 valence electrons. The third kappa shape index (κ3) is 5.29. The van der Waals surface area contributed by atoms with Crippen LogP contribution >= 0.6 is 48.0 Å². The van der Waals surface area contributed by atoms with E-state index in [1.54, 1.807) is 12.1 Å². The number of anilines is 1. The summed E-state index contributed by atoms with van der Waals surface area (Å²) in [5.41, 5.74) is 1.52. The molecule has 0 fully saturated rings. The largest absolute Gasteiger partial charge is 0.453 e. The molecule has 0 aliphatic carbocycles. The number of furan rings is 1. The van der Waals surface area contributed by atoms with E-state index in [1.807, 2.05) is 30.3 Å². The van der Waals surface area contributed by atoms with Crippen LogP contribution in [0.15, 0.2) is 46.9 Å². The molecule has 2 heterocycles. The van der Waals surface area contributed by atoms with Crippen molar-refractivity contribution in [1.29, 1.82) is 0 Å². The van der Waals surface area contributed by atoms with Crippen LogP contribution in [0.4, 0.5) is 5.82 Å². The number of aromatic nitrogens is 2. The SMILES string of the molecule is CN(C)CCCNc1nc(-c2cc3ccccc3o2)nc2cc(Cl)c(Cl)cc12.Cl.Cl. The Morgan fingerprint density at radius 2 is 1.73 bits per heavy atom. The fraction of sp³-hybridized carbons (Fsp3) is 0.238. The maximum atomic E-state index is 6.23. The Hall–Kier alpha value is -1.76. The highest BCUT2D eigenvalue weighted by Crippen LogP contribution is 2.33. The van der Waals surface area contributed by atoms with Crippen molar-refractivity contribution in [1.82, 2.24) is 14.9 Å². The number of rotatable bonds is 6. The standard InChI is InChI=1S/C21H20Cl2N4O.2ClH/c1-27(2)9-5-8-24-20-14-11-15(22)16(23)12-17(14)25-21(26-20)19-10-13-6-3-4-7-18(13)28-19;;/h3-4,6-7,10-12H,5,8-9H2,1-2H3,(H,24,25,26);2*1H. The normalized spacial score (nSPS) is 10.8. The molecular formula is C21H22Cl4N4O. The van der Waals surface area contributed by atoms with E-state index in [2.05, 4.69) is 29.3 Å². The van der Waals surface area contributed by atoms with Gasteiger partial charge in [-0.15, -0.1) is 24.8 Å². The molecule has 0 amide bonds. The topological polar surface area (TPSA) is 54.2 Å². The first-order valence-corrected chi connectivity index (χ1v) is 9.81. The minimum absolute atomic E-state index is 0. The quantitative estimate of drug-likeness (QED) is 0.312. The van der Waals surface area contributed by atoms with E-state index in [4.69, 9.17) is 32.6 Å². The molecular weight excluding hydrogens is 466 g/mol. The van der Waals surface area contributed by atoms with Gasteiger partial charge >= 0.3 is 0 Å². The Bertz CT molecular complexity index is 1110. The number of hydrogen-bond donors (Lipinski definition) is 1. The third-order valence-electron chi connectivity index (χ3n) is 4.46. The van der Waals surface area contributed by atoms with Crippen LogP contribution in [0.25, 0.3) is 33.5 Å². The van der Waals surface area contributed by atoms with E-state index in [0.717, 1.165) is 47.2 Å². The first-order chi connectivity index (χ1) is 13.5. The number of benzene rings is 2. The Morgan fingerprint density at radius 3 is 2.47 bits per heavy atom. The van der Waals surface area contributed by atoms with Crippen molar-refractivity contribution >= 4 is 75.7 Å². The molecule has 0 aliphatic heterocycles. The molecule has 30 heavy (non-hydrogen) atoms. The van der Waals surface area contributed by atoms with Crippen molar-refractivity contribution in [2.75, 3.05) is 32.5 Å². The highest BCUT2D eigenvalue weighted by Gasteiger charge is 2.15. The maximum Gasteiger partial charge on any atom is 0.198 e. The van der Waals surface area contributed by atoms with Crippen LogP contribution in [-0.4, -0.2) is 42.1 Å². The number of para-hydroxylation sites is 1. The van der Waals surface area contributed by atoms with Gasteiger partial charge in [0.25, 0.3) is 0 Å². The molecule has 0 atom stereocenters. The lowest BCUT2D eigenvalue weighted by atomic mass is 10.2. The average Bonchev–Trinajstić information content (AvgIpc) is 3.10. The second-order valence-electron chi connectivity index (χ2n) is 6.91. The van der Waals surface area contributed by atoms with Gasteiger partial charge in [-0.25, -0.2) is 9.97 Å². The van der Waals surface area contributed by atoms with Crippen LogP contribution in [0.1, 0.15) is 6.42 Å². The molecule has 4 aromatic rings. The van der Waals surface area contributed by atoms with Crippen molar-refractivity contribution < 1.29 is 4.42 Å². The van der Waals surface area contributed by atoms with E-state index in [1.165, 1.54) is 0 Å². The van der Waals surface area contributed by atoms with Crippen molar-refractivity contribution in [2.24, 2.45) is 0 Å². The zero-order valence-electron chi connectivity index (χ0n) is 16.5. The smallest absolute Gasteiger partial charge is 0.198 e. The molecule has 2 aromatic carbocycles. The zero-order chi connectivity index (χ0) is 19.7. The minimum atomic E-state index is 0. The minimum Gasteiger partial charge on any atom is -0.453 e. The van der Waals surface area contributed by atoms with Crippen molar-refractivity contribution in [3.63, 3.8) is 0 Å². The summed E-state index contributed by atoms with van der Waals surface area (Å²) in [6, 6.07) is 13.4. The molecule has 2 aromatic heterocycles. The lowest BCUT2D eigenvalue weighted by molar-refractivity contribution is 0.405. The average molecular weight is 488 g/mol. The van der Waals surface area contributed by atoms with Gasteiger partial charge in [0.15, 0.2) is 11.6 Å². The Morgan fingerprint density at radius 1 is 1.00 bits per heavy atom. The predicted octanol–water partition coefficient (Wildman–Crippen LogP) is 6.56.